The van der Waals surface area contributed by atoms with E-state index in [-0.39, 0.29) is 0 Å². The Kier molecular flexibility index (Phi) is 2.26. The van der Waals surface area contributed by atoms with E-state index < -0.39 is 0 Å². The zero-order chi connectivity index (χ0) is 12.9. The summed E-state index contributed by atoms with van der Waals surface area (Å²) in [4.78, 5) is 4.70. The molecule has 2 aromatic heterocycles. The van der Waals surface area contributed by atoms with E-state index in [1.54, 1.807) is 0 Å². The Morgan fingerprint density at radius 1 is 1.00 bits per heavy atom. The lowest BCUT2D eigenvalue weighted by Gasteiger charge is -2.03. The van der Waals surface area contributed by atoms with Crippen LogP contribution in [0.5, 0.6) is 0 Å². The summed E-state index contributed by atoms with van der Waals surface area (Å²) in [6, 6.07) is 8.44. The van der Waals surface area contributed by atoms with Crippen molar-refractivity contribution in [3.8, 4) is 11.4 Å². The Morgan fingerprint density at radius 3 is 2.28 bits per heavy atom. The second-order valence-corrected chi connectivity index (χ2v) is 4.74. The average molecular weight is 240 g/mol. The third-order valence-electron chi connectivity index (χ3n) is 3.34. The van der Waals surface area contributed by atoms with E-state index in [1.165, 1.54) is 5.56 Å². The van der Waals surface area contributed by atoms with Crippen LogP contribution >= 0.6 is 0 Å². The standard InChI is InChI=1S/C14H16N4/c1-9-5-7-11(8-6-9)13-15-14-12(17(13)3)10(2)16-18(14)4/h5-8H,1-4H3. The van der Waals surface area contributed by atoms with Crippen molar-refractivity contribution in [2.45, 2.75) is 13.8 Å². The lowest BCUT2D eigenvalue weighted by Crippen LogP contribution is -1.95. The van der Waals surface area contributed by atoms with Gasteiger partial charge in [0.1, 0.15) is 11.3 Å². The van der Waals surface area contributed by atoms with Crippen molar-refractivity contribution in [3.05, 3.63) is 35.5 Å². The molecule has 2 heterocycles. The molecule has 0 aliphatic rings. The topological polar surface area (TPSA) is 35.6 Å². The number of aryl methyl sites for hydroxylation is 4. The highest BCUT2D eigenvalue weighted by Crippen LogP contribution is 2.25. The van der Waals surface area contributed by atoms with Crippen molar-refractivity contribution in [1.82, 2.24) is 19.3 Å². The average Bonchev–Trinajstić information content (AvgIpc) is 2.81. The second-order valence-electron chi connectivity index (χ2n) is 4.74. The summed E-state index contributed by atoms with van der Waals surface area (Å²) in [5.74, 6) is 0.987. The van der Waals surface area contributed by atoms with Crippen molar-refractivity contribution >= 4 is 11.2 Å². The van der Waals surface area contributed by atoms with Gasteiger partial charge in [0.2, 0.25) is 0 Å². The fraction of sp³-hybridized carbons (Fsp3) is 0.286. The Balaban J connectivity index is 2.27. The molecule has 0 saturated heterocycles. The molecule has 3 aromatic rings. The normalized spacial score (nSPS) is 11.3. The zero-order valence-corrected chi connectivity index (χ0v) is 11.1. The largest absolute Gasteiger partial charge is 0.324 e. The number of nitrogens with zero attached hydrogens (tertiary/aromatic N) is 4. The summed E-state index contributed by atoms with van der Waals surface area (Å²) in [5, 5.41) is 4.39. The number of fused-ring (bicyclic) bond motifs is 1. The summed E-state index contributed by atoms with van der Waals surface area (Å²) in [6.45, 7) is 4.11. The lowest BCUT2D eigenvalue weighted by atomic mass is 10.1. The van der Waals surface area contributed by atoms with Gasteiger partial charge in [-0.2, -0.15) is 5.10 Å². The molecule has 4 heteroatoms. The van der Waals surface area contributed by atoms with Gasteiger partial charge in [-0.05, 0) is 13.8 Å². The van der Waals surface area contributed by atoms with Crippen LogP contribution < -0.4 is 0 Å². The smallest absolute Gasteiger partial charge is 0.176 e. The quantitative estimate of drug-likeness (QED) is 0.655. The molecule has 0 radical (unpaired) electrons. The molecule has 0 aliphatic heterocycles. The van der Waals surface area contributed by atoms with Gasteiger partial charge in [-0.3, -0.25) is 0 Å². The molecule has 0 amide bonds. The first-order chi connectivity index (χ1) is 8.58. The van der Waals surface area contributed by atoms with E-state index >= 15 is 0 Å². The van der Waals surface area contributed by atoms with Crippen molar-refractivity contribution in [2.75, 3.05) is 0 Å². The molecule has 0 aliphatic carbocycles. The van der Waals surface area contributed by atoms with Gasteiger partial charge in [-0.1, -0.05) is 29.8 Å². The Bertz CT molecular complexity index is 716. The Labute approximate surface area is 106 Å². The van der Waals surface area contributed by atoms with E-state index in [2.05, 4.69) is 40.9 Å². The Morgan fingerprint density at radius 2 is 1.67 bits per heavy atom. The fourth-order valence-corrected chi connectivity index (χ4v) is 2.39. The molecule has 3 rings (SSSR count). The van der Waals surface area contributed by atoms with Crippen LogP contribution in [0.25, 0.3) is 22.6 Å². The monoisotopic (exact) mass is 240 g/mol. The van der Waals surface area contributed by atoms with Crippen LogP contribution in [0.3, 0.4) is 0 Å². The highest BCUT2D eigenvalue weighted by atomic mass is 15.3. The fourth-order valence-electron chi connectivity index (χ4n) is 2.39. The number of imidazole rings is 1. The summed E-state index contributed by atoms with van der Waals surface area (Å²) in [7, 11) is 3.97. The molecule has 1 aromatic carbocycles. The SMILES string of the molecule is Cc1ccc(-c2nc3c(c(C)nn3C)n2C)cc1. The number of aromatic nitrogens is 4. The van der Waals surface area contributed by atoms with Gasteiger partial charge in [0.25, 0.3) is 0 Å². The summed E-state index contributed by atoms with van der Waals surface area (Å²) >= 11 is 0. The van der Waals surface area contributed by atoms with Crippen molar-refractivity contribution in [3.63, 3.8) is 0 Å². The van der Waals surface area contributed by atoms with Crippen molar-refractivity contribution in [2.24, 2.45) is 14.1 Å². The molecule has 0 spiro atoms. The number of hydrogen-bond donors (Lipinski definition) is 0. The molecule has 0 atom stereocenters. The minimum atomic E-state index is 0.936. The summed E-state index contributed by atoms with van der Waals surface area (Å²) in [5.41, 5.74) is 5.45. The molecule has 0 saturated carbocycles. The first kappa shape index (κ1) is 11.0. The van der Waals surface area contributed by atoms with Crippen LogP contribution in [-0.2, 0) is 14.1 Å². The van der Waals surface area contributed by atoms with Crippen LogP contribution in [0.2, 0.25) is 0 Å². The van der Waals surface area contributed by atoms with Crippen molar-refractivity contribution in [1.29, 1.82) is 0 Å². The molecule has 0 bridgehead atoms. The van der Waals surface area contributed by atoms with Gasteiger partial charge in [-0.25, -0.2) is 9.67 Å². The minimum Gasteiger partial charge on any atom is -0.324 e. The van der Waals surface area contributed by atoms with Gasteiger partial charge in [0.15, 0.2) is 5.65 Å². The molecule has 0 unspecified atom stereocenters. The maximum Gasteiger partial charge on any atom is 0.176 e. The highest BCUT2D eigenvalue weighted by Gasteiger charge is 2.15. The van der Waals surface area contributed by atoms with Gasteiger partial charge >= 0.3 is 0 Å². The van der Waals surface area contributed by atoms with Gasteiger partial charge < -0.3 is 4.57 Å². The van der Waals surface area contributed by atoms with Crippen LogP contribution in [0.1, 0.15) is 11.3 Å². The minimum absolute atomic E-state index is 0.936. The third-order valence-corrected chi connectivity index (χ3v) is 3.34. The third kappa shape index (κ3) is 1.45. The maximum absolute atomic E-state index is 4.70. The van der Waals surface area contributed by atoms with E-state index in [1.807, 2.05) is 25.7 Å². The van der Waals surface area contributed by atoms with E-state index in [9.17, 15) is 0 Å². The van der Waals surface area contributed by atoms with E-state index in [4.69, 9.17) is 4.98 Å². The molecular weight excluding hydrogens is 224 g/mol. The van der Waals surface area contributed by atoms with E-state index in [0.29, 0.717) is 0 Å². The number of benzene rings is 1. The molecule has 0 N–H and O–H groups in total. The first-order valence-electron chi connectivity index (χ1n) is 6.01. The summed E-state index contributed by atoms with van der Waals surface area (Å²) < 4.78 is 3.95. The first-order valence-corrected chi connectivity index (χ1v) is 6.01. The van der Waals surface area contributed by atoms with Gasteiger partial charge in [0.05, 0.1) is 5.69 Å². The van der Waals surface area contributed by atoms with Crippen LogP contribution in [0.4, 0.5) is 0 Å². The van der Waals surface area contributed by atoms with E-state index in [0.717, 1.165) is 28.2 Å². The predicted octanol–water partition coefficient (Wildman–Crippen LogP) is 2.59. The summed E-state index contributed by atoms with van der Waals surface area (Å²) in [6.07, 6.45) is 0. The molecule has 92 valence electrons. The zero-order valence-electron chi connectivity index (χ0n) is 11.1. The molecule has 0 fully saturated rings. The molecule has 4 nitrogen and oxygen atoms in total. The maximum atomic E-state index is 4.70. The number of rotatable bonds is 1. The van der Waals surface area contributed by atoms with Gasteiger partial charge in [-0.15, -0.1) is 0 Å². The predicted molar refractivity (Wildman–Crippen MR) is 72.4 cm³/mol. The number of hydrogen-bond acceptors (Lipinski definition) is 2. The van der Waals surface area contributed by atoms with Crippen LogP contribution in [0, 0.1) is 13.8 Å². The van der Waals surface area contributed by atoms with Crippen molar-refractivity contribution < 1.29 is 0 Å². The Hall–Kier alpha value is -2.10. The second kappa shape index (κ2) is 3.70. The van der Waals surface area contributed by atoms with Crippen LogP contribution in [0.15, 0.2) is 24.3 Å². The molecular formula is C14H16N4. The highest BCUT2D eigenvalue weighted by molar-refractivity contribution is 5.80. The van der Waals surface area contributed by atoms with Crippen LogP contribution in [-0.4, -0.2) is 19.3 Å². The van der Waals surface area contributed by atoms with Gasteiger partial charge in [0, 0.05) is 19.7 Å². The lowest BCUT2D eigenvalue weighted by molar-refractivity contribution is 0.771. The molecule has 18 heavy (non-hydrogen) atoms.